The third kappa shape index (κ3) is 2.77. The summed E-state index contributed by atoms with van der Waals surface area (Å²) >= 11 is 1.68. The summed E-state index contributed by atoms with van der Waals surface area (Å²) in [7, 11) is 0. The van der Waals surface area contributed by atoms with Gasteiger partial charge in [0.05, 0.1) is 16.4 Å². The molecule has 0 bridgehead atoms. The van der Waals surface area contributed by atoms with Gasteiger partial charge in [0.15, 0.2) is 6.10 Å². The van der Waals surface area contributed by atoms with Gasteiger partial charge in [-0.15, -0.1) is 17.9 Å². The maximum atomic E-state index is 12.6. The van der Waals surface area contributed by atoms with Crippen molar-refractivity contribution in [1.29, 1.82) is 0 Å². The first kappa shape index (κ1) is 15.7. The summed E-state index contributed by atoms with van der Waals surface area (Å²) in [6.07, 6.45) is 1.97. The van der Waals surface area contributed by atoms with Gasteiger partial charge in [0.2, 0.25) is 0 Å². The van der Waals surface area contributed by atoms with Crippen molar-refractivity contribution in [2.75, 3.05) is 11.4 Å². The van der Waals surface area contributed by atoms with E-state index >= 15 is 0 Å². The Balaban J connectivity index is 2.09. The van der Waals surface area contributed by atoms with Crippen LogP contribution in [0.5, 0.6) is 5.75 Å². The Morgan fingerprint density at radius 1 is 1.43 bits per heavy atom. The van der Waals surface area contributed by atoms with E-state index in [1.165, 1.54) is 4.88 Å². The topological polar surface area (TPSA) is 42.4 Å². The number of anilines is 1. The van der Waals surface area contributed by atoms with E-state index in [2.05, 4.69) is 18.5 Å². The van der Waals surface area contributed by atoms with Gasteiger partial charge < -0.3 is 9.64 Å². The molecule has 4 nitrogen and oxygen atoms in total. The normalized spacial score (nSPS) is 16.9. The fraction of sp³-hybridized carbons (Fsp3) is 0.333. The third-order valence-electron chi connectivity index (χ3n) is 3.92. The van der Waals surface area contributed by atoms with Crippen LogP contribution >= 0.6 is 11.3 Å². The number of aromatic nitrogens is 1. The molecule has 1 aromatic heterocycles. The van der Waals surface area contributed by atoms with E-state index in [4.69, 9.17) is 4.74 Å². The number of hydrogen-bond donors (Lipinski definition) is 0. The molecule has 2 aromatic rings. The summed E-state index contributed by atoms with van der Waals surface area (Å²) in [6.45, 7) is 10.3. The lowest BCUT2D eigenvalue weighted by molar-refractivity contribution is -0.126. The second-order valence-corrected chi connectivity index (χ2v) is 6.98. The van der Waals surface area contributed by atoms with Crippen LogP contribution in [0.3, 0.4) is 0 Å². The summed E-state index contributed by atoms with van der Waals surface area (Å²) in [4.78, 5) is 20.1. The second kappa shape index (κ2) is 6.16. The standard InChI is InChI=1S/C18H20N2O2S/c1-5-9-20-14-10-13(17-11(3)23-12(4)19-17)7-8-16(14)22-15(6-2)18(20)21/h5,7-8,10,15H,1,6,9H2,2-4H3. The molecule has 5 heteroatoms. The van der Waals surface area contributed by atoms with E-state index in [1.807, 2.05) is 32.0 Å². The van der Waals surface area contributed by atoms with E-state index in [9.17, 15) is 4.79 Å². The van der Waals surface area contributed by atoms with E-state index in [1.54, 1.807) is 22.3 Å². The van der Waals surface area contributed by atoms with E-state index in [0.717, 1.165) is 27.7 Å². The van der Waals surface area contributed by atoms with Crippen LogP contribution in [0.15, 0.2) is 30.9 Å². The largest absolute Gasteiger partial charge is 0.478 e. The molecule has 120 valence electrons. The average molecular weight is 328 g/mol. The highest BCUT2D eigenvalue weighted by Crippen LogP contribution is 2.39. The molecule has 0 aliphatic carbocycles. The predicted octanol–water partition coefficient (Wildman–Crippen LogP) is 4.12. The molecule has 1 aliphatic rings. The highest BCUT2D eigenvalue weighted by molar-refractivity contribution is 7.11. The highest BCUT2D eigenvalue weighted by Gasteiger charge is 2.33. The van der Waals surface area contributed by atoms with Crippen LogP contribution in [0.25, 0.3) is 11.3 Å². The first-order valence-electron chi connectivity index (χ1n) is 7.72. The van der Waals surface area contributed by atoms with Crippen LogP contribution in [0.4, 0.5) is 5.69 Å². The third-order valence-corrected chi connectivity index (χ3v) is 4.81. The van der Waals surface area contributed by atoms with Crippen LogP contribution in [0, 0.1) is 13.8 Å². The van der Waals surface area contributed by atoms with Crippen molar-refractivity contribution >= 4 is 22.9 Å². The lowest BCUT2D eigenvalue weighted by Gasteiger charge is -2.33. The molecule has 0 spiro atoms. The summed E-state index contributed by atoms with van der Waals surface area (Å²) in [5.74, 6) is 0.731. The van der Waals surface area contributed by atoms with Gasteiger partial charge in [-0.3, -0.25) is 4.79 Å². The monoisotopic (exact) mass is 328 g/mol. The summed E-state index contributed by atoms with van der Waals surface area (Å²) in [5, 5.41) is 1.04. The zero-order valence-electron chi connectivity index (χ0n) is 13.6. The van der Waals surface area contributed by atoms with Gasteiger partial charge in [-0.25, -0.2) is 4.98 Å². The predicted molar refractivity (Wildman–Crippen MR) is 94.3 cm³/mol. The van der Waals surface area contributed by atoms with E-state index in [0.29, 0.717) is 13.0 Å². The van der Waals surface area contributed by atoms with Crippen LogP contribution in [-0.4, -0.2) is 23.5 Å². The molecule has 1 atom stereocenters. The Hall–Kier alpha value is -2.14. The van der Waals surface area contributed by atoms with Gasteiger partial charge in [-0.2, -0.15) is 0 Å². The molecule has 0 radical (unpaired) electrons. The van der Waals surface area contributed by atoms with Crippen LogP contribution < -0.4 is 9.64 Å². The number of carbonyl (C=O) groups is 1. The van der Waals surface area contributed by atoms with Crippen LogP contribution in [0.1, 0.15) is 23.2 Å². The number of hydrogen-bond acceptors (Lipinski definition) is 4. The quantitative estimate of drug-likeness (QED) is 0.793. The van der Waals surface area contributed by atoms with E-state index < -0.39 is 6.10 Å². The summed E-state index contributed by atoms with van der Waals surface area (Å²) < 4.78 is 5.85. The average Bonchev–Trinajstić information content (AvgIpc) is 2.88. The van der Waals surface area contributed by atoms with E-state index in [-0.39, 0.29) is 5.91 Å². The zero-order chi connectivity index (χ0) is 16.6. The molecule has 0 N–H and O–H groups in total. The Morgan fingerprint density at radius 3 is 2.83 bits per heavy atom. The van der Waals surface area contributed by atoms with Crippen LogP contribution in [0.2, 0.25) is 0 Å². The second-order valence-electron chi connectivity index (χ2n) is 5.57. The van der Waals surface area contributed by atoms with Gasteiger partial charge in [0, 0.05) is 17.0 Å². The number of aryl methyl sites for hydroxylation is 2. The molecule has 23 heavy (non-hydrogen) atoms. The Bertz CT molecular complexity index is 766. The smallest absolute Gasteiger partial charge is 0.268 e. The molecule has 0 saturated heterocycles. The van der Waals surface area contributed by atoms with Crippen LogP contribution in [-0.2, 0) is 4.79 Å². The zero-order valence-corrected chi connectivity index (χ0v) is 14.4. The van der Waals surface area contributed by atoms with Crippen molar-refractivity contribution in [2.45, 2.75) is 33.3 Å². The number of nitrogens with zero attached hydrogens (tertiary/aromatic N) is 2. The Morgan fingerprint density at radius 2 is 2.22 bits per heavy atom. The van der Waals surface area contributed by atoms with Gasteiger partial charge in [-0.05, 0) is 38.5 Å². The molecule has 1 aromatic carbocycles. The fourth-order valence-electron chi connectivity index (χ4n) is 2.84. The maximum Gasteiger partial charge on any atom is 0.268 e. The van der Waals surface area contributed by atoms with Gasteiger partial charge in [-0.1, -0.05) is 13.0 Å². The number of carbonyl (C=O) groups excluding carboxylic acids is 1. The molecular formula is C18H20N2O2S. The fourth-order valence-corrected chi connectivity index (χ4v) is 3.68. The number of fused-ring (bicyclic) bond motifs is 1. The first-order valence-corrected chi connectivity index (χ1v) is 8.54. The summed E-state index contributed by atoms with van der Waals surface area (Å²) in [6, 6.07) is 5.93. The number of rotatable bonds is 4. The van der Waals surface area contributed by atoms with Crippen molar-refractivity contribution < 1.29 is 9.53 Å². The molecule has 3 rings (SSSR count). The SMILES string of the molecule is C=CCN1C(=O)C(CC)Oc2ccc(-c3nc(C)sc3C)cc21. The number of benzene rings is 1. The number of amides is 1. The molecular weight excluding hydrogens is 308 g/mol. The number of ether oxygens (including phenoxy) is 1. The lowest BCUT2D eigenvalue weighted by Crippen LogP contribution is -2.45. The highest BCUT2D eigenvalue weighted by atomic mass is 32.1. The molecule has 0 saturated carbocycles. The molecule has 0 fully saturated rings. The van der Waals surface area contributed by atoms with Gasteiger partial charge >= 0.3 is 0 Å². The van der Waals surface area contributed by atoms with Crippen molar-refractivity contribution in [3.63, 3.8) is 0 Å². The minimum absolute atomic E-state index is 0.0109. The van der Waals surface area contributed by atoms with Crippen molar-refractivity contribution in [3.05, 3.63) is 40.7 Å². The Kier molecular flexibility index (Phi) is 4.22. The van der Waals surface area contributed by atoms with Gasteiger partial charge in [0.1, 0.15) is 5.75 Å². The molecule has 1 unspecified atom stereocenters. The number of thiazole rings is 1. The lowest BCUT2D eigenvalue weighted by atomic mass is 10.1. The molecule has 2 heterocycles. The van der Waals surface area contributed by atoms with Gasteiger partial charge in [0.25, 0.3) is 5.91 Å². The molecule has 1 amide bonds. The molecule has 1 aliphatic heterocycles. The summed E-state index contributed by atoms with van der Waals surface area (Å²) in [5.41, 5.74) is 2.77. The minimum atomic E-state index is -0.420. The van der Waals surface area contributed by atoms with Crippen molar-refractivity contribution in [3.8, 4) is 17.0 Å². The minimum Gasteiger partial charge on any atom is -0.478 e. The van der Waals surface area contributed by atoms with Crippen molar-refractivity contribution in [2.24, 2.45) is 0 Å². The van der Waals surface area contributed by atoms with Crippen molar-refractivity contribution in [1.82, 2.24) is 4.98 Å². The Labute approximate surface area is 140 Å². The maximum absolute atomic E-state index is 12.6. The first-order chi connectivity index (χ1) is 11.0.